The second-order valence-corrected chi connectivity index (χ2v) is 5.11. The molecule has 3 aromatic heterocycles. The third-order valence-corrected chi connectivity index (χ3v) is 4.06. The van der Waals surface area contributed by atoms with Crippen molar-refractivity contribution in [1.29, 1.82) is 0 Å². The monoisotopic (exact) mass is 264 g/mol. The van der Waals surface area contributed by atoms with E-state index in [0.29, 0.717) is 23.5 Å². The highest BCUT2D eigenvalue weighted by Crippen LogP contribution is 2.33. The lowest BCUT2D eigenvalue weighted by Crippen LogP contribution is -2.19. The minimum Gasteiger partial charge on any atom is -0.248 e. The van der Waals surface area contributed by atoms with Crippen LogP contribution in [0.25, 0.3) is 28.2 Å². The Labute approximate surface area is 119 Å². The predicted octanol–water partition coefficient (Wildman–Crippen LogP) is 2.14. The number of pyridine rings is 1. The maximum atomic E-state index is 7.96. The van der Waals surface area contributed by atoms with Crippen LogP contribution in [-0.4, -0.2) is 14.1 Å². The molecule has 0 atom stereocenters. The Bertz CT molecular complexity index is 1090. The smallest absolute Gasteiger partial charge is 0.248 e. The summed E-state index contributed by atoms with van der Waals surface area (Å²) in [5, 5.41) is 0. The Morgan fingerprint density at radius 2 is 2.20 bits per heavy atom. The van der Waals surface area contributed by atoms with Gasteiger partial charge in [0.15, 0.2) is 5.52 Å². The van der Waals surface area contributed by atoms with Crippen LogP contribution in [-0.2, 0) is 13.5 Å². The lowest BCUT2D eigenvalue weighted by Gasteiger charge is -1.95. The number of fused-ring (bicyclic) bond motifs is 7. The zero-order valence-electron chi connectivity index (χ0n) is 13.6. The molecule has 0 saturated carbocycles. The first-order valence-electron chi connectivity index (χ1n) is 8.05. The fraction of sp³-hybridized carbons (Fsp3) is 0.125. The largest absolute Gasteiger partial charge is 0.329 e. The molecular weight excluding hydrogens is 248 g/mol. The molecule has 1 aromatic carbocycles. The first-order chi connectivity index (χ1) is 11.1. The van der Waals surface area contributed by atoms with Gasteiger partial charge in [-0.15, -0.1) is 4.98 Å². The van der Waals surface area contributed by atoms with Crippen molar-refractivity contribution in [2.75, 3.05) is 0 Å². The fourth-order valence-electron chi connectivity index (χ4n) is 3.18. The molecule has 5 rings (SSSR count). The van der Waals surface area contributed by atoms with Gasteiger partial charge in [0.05, 0.1) is 23.1 Å². The average Bonchev–Trinajstić information content (AvgIpc) is 3.13. The van der Waals surface area contributed by atoms with Crippen molar-refractivity contribution in [1.82, 2.24) is 14.1 Å². The molecular formula is C16H13N4+. The number of nitrogens with zero attached hydrogens (tertiary/aromatic N) is 4. The number of aryl methyl sites for hydroxylation is 1. The third kappa shape index (κ3) is 1.04. The number of benzene rings is 1. The van der Waals surface area contributed by atoms with Crippen molar-refractivity contribution in [3.63, 3.8) is 0 Å². The van der Waals surface area contributed by atoms with Gasteiger partial charge in [0.2, 0.25) is 0 Å². The van der Waals surface area contributed by atoms with E-state index in [-0.39, 0.29) is 0 Å². The zero-order valence-corrected chi connectivity index (χ0v) is 10.6. The summed E-state index contributed by atoms with van der Waals surface area (Å²) in [7, 11) is 0. The van der Waals surface area contributed by atoms with Gasteiger partial charge in [-0.25, -0.2) is 9.13 Å². The first-order valence-corrected chi connectivity index (χ1v) is 6.55. The molecule has 0 bridgehead atoms. The summed E-state index contributed by atoms with van der Waals surface area (Å²) in [6.45, 7) is -1.59. The zero-order chi connectivity index (χ0) is 15.8. The van der Waals surface area contributed by atoms with E-state index in [1.54, 1.807) is 18.3 Å². The van der Waals surface area contributed by atoms with Crippen LogP contribution in [0.5, 0.6) is 0 Å². The second kappa shape index (κ2) is 3.28. The van der Waals surface area contributed by atoms with Crippen LogP contribution in [0.2, 0.25) is 0 Å². The summed E-state index contributed by atoms with van der Waals surface area (Å²) in [4.78, 5) is 4.39. The van der Waals surface area contributed by atoms with Gasteiger partial charge in [0.1, 0.15) is 5.69 Å². The topological polar surface area (TPSA) is 26.9 Å². The fourth-order valence-corrected chi connectivity index (χ4v) is 3.18. The summed E-state index contributed by atoms with van der Waals surface area (Å²) in [5.74, 6) is 0.643. The van der Waals surface area contributed by atoms with Gasteiger partial charge >= 0.3 is 5.78 Å². The lowest BCUT2D eigenvalue weighted by atomic mass is 10.1. The molecule has 0 amide bonds. The van der Waals surface area contributed by atoms with E-state index in [0.717, 1.165) is 11.3 Å². The molecule has 1 aliphatic heterocycles. The molecule has 4 heteroatoms. The Morgan fingerprint density at radius 1 is 1.25 bits per heavy atom. The van der Waals surface area contributed by atoms with E-state index in [1.807, 2.05) is 22.7 Å². The molecule has 0 radical (unpaired) electrons. The van der Waals surface area contributed by atoms with Crippen LogP contribution in [0.15, 0.2) is 48.8 Å². The molecule has 0 N–H and O–H groups in total. The van der Waals surface area contributed by atoms with Gasteiger partial charge < -0.3 is 0 Å². The van der Waals surface area contributed by atoms with E-state index in [4.69, 9.17) is 4.11 Å². The SMILES string of the molecule is [2H]C([2H])([2H])n1c2cccnc2[n+]2cc3n(c12)Cc1ccccc1-3. The minimum atomic E-state index is -2.26. The van der Waals surface area contributed by atoms with Crippen LogP contribution in [0.1, 0.15) is 9.68 Å². The highest BCUT2D eigenvalue weighted by molar-refractivity contribution is 5.74. The quantitative estimate of drug-likeness (QED) is 0.394. The van der Waals surface area contributed by atoms with E-state index in [9.17, 15) is 0 Å². The highest BCUT2D eigenvalue weighted by Gasteiger charge is 2.29. The molecule has 4 heterocycles. The molecule has 4 nitrogen and oxygen atoms in total. The molecule has 0 saturated heterocycles. The maximum Gasteiger partial charge on any atom is 0.329 e. The van der Waals surface area contributed by atoms with Gasteiger partial charge in [-0.3, -0.25) is 0 Å². The Morgan fingerprint density at radius 3 is 3.15 bits per heavy atom. The van der Waals surface area contributed by atoms with Crippen molar-refractivity contribution in [2.24, 2.45) is 6.98 Å². The summed E-state index contributed by atoms with van der Waals surface area (Å²) in [6.07, 6.45) is 3.67. The molecule has 20 heavy (non-hydrogen) atoms. The van der Waals surface area contributed by atoms with Crippen LogP contribution in [0, 0.1) is 0 Å². The second-order valence-electron chi connectivity index (χ2n) is 5.11. The molecule has 0 unspecified atom stereocenters. The highest BCUT2D eigenvalue weighted by atomic mass is 15.3. The lowest BCUT2D eigenvalue weighted by molar-refractivity contribution is -0.482. The Kier molecular flexibility index (Phi) is 1.29. The summed E-state index contributed by atoms with van der Waals surface area (Å²) in [6, 6.07) is 11.7. The van der Waals surface area contributed by atoms with Crippen molar-refractivity contribution in [3.8, 4) is 11.3 Å². The molecule has 0 aliphatic carbocycles. The van der Waals surface area contributed by atoms with Crippen molar-refractivity contribution in [2.45, 2.75) is 6.54 Å². The summed E-state index contributed by atoms with van der Waals surface area (Å²) in [5.41, 5.74) is 4.67. The Balaban J connectivity index is 1.97. The number of hydrogen-bond donors (Lipinski definition) is 0. The normalized spacial score (nSPS) is 15.9. The van der Waals surface area contributed by atoms with Gasteiger partial charge in [-0.05, 0) is 17.7 Å². The number of imidazole rings is 2. The van der Waals surface area contributed by atoms with Crippen molar-refractivity contribution < 1.29 is 8.51 Å². The van der Waals surface area contributed by atoms with Gasteiger partial charge in [-0.2, -0.15) is 4.40 Å². The third-order valence-electron chi connectivity index (χ3n) is 4.06. The van der Waals surface area contributed by atoms with Gasteiger partial charge in [-0.1, -0.05) is 24.3 Å². The van der Waals surface area contributed by atoms with E-state index < -0.39 is 6.98 Å². The van der Waals surface area contributed by atoms with Crippen LogP contribution in [0.3, 0.4) is 0 Å². The molecule has 4 aromatic rings. The molecule has 0 spiro atoms. The average molecular weight is 264 g/mol. The molecule has 96 valence electrons. The first kappa shape index (κ1) is 7.85. The number of hydrogen-bond acceptors (Lipinski definition) is 1. The maximum absolute atomic E-state index is 7.96. The van der Waals surface area contributed by atoms with Gasteiger partial charge in [0.25, 0.3) is 5.65 Å². The van der Waals surface area contributed by atoms with Crippen LogP contribution < -0.4 is 4.40 Å². The standard InChI is InChI=1S/C16H13N4/c1-18-13-7-4-8-17-15(13)20-10-14-12-6-3-2-5-11(12)9-19(14)16(18)20/h2-8,10H,9H2,1H3/q+1/i1D3. The van der Waals surface area contributed by atoms with E-state index in [2.05, 4.69) is 21.7 Å². The number of rotatable bonds is 0. The van der Waals surface area contributed by atoms with Crippen molar-refractivity contribution in [3.05, 3.63) is 54.4 Å². The van der Waals surface area contributed by atoms with E-state index >= 15 is 0 Å². The van der Waals surface area contributed by atoms with E-state index in [1.165, 1.54) is 10.1 Å². The predicted molar refractivity (Wildman–Crippen MR) is 76.4 cm³/mol. The minimum absolute atomic E-state index is 0.619. The van der Waals surface area contributed by atoms with Gasteiger partial charge in [0, 0.05) is 12.5 Å². The van der Waals surface area contributed by atoms with Crippen molar-refractivity contribution >= 4 is 16.9 Å². The molecule has 1 aliphatic rings. The van der Waals surface area contributed by atoms with Crippen LogP contribution in [0.4, 0.5) is 0 Å². The Hall–Kier alpha value is -2.62. The molecule has 0 fully saturated rings. The van der Waals surface area contributed by atoms with Crippen LogP contribution >= 0.6 is 0 Å². The number of aromatic nitrogens is 4. The summed E-state index contributed by atoms with van der Waals surface area (Å²) >= 11 is 0. The summed E-state index contributed by atoms with van der Waals surface area (Å²) < 4.78 is 29.2.